The van der Waals surface area contributed by atoms with Gasteiger partial charge >= 0.3 is 5.97 Å². The number of esters is 1. The fourth-order valence-electron chi connectivity index (χ4n) is 2.72. The Kier molecular flexibility index (Phi) is 6.23. The Balaban J connectivity index is 1.64. The van der Waals surface area contributed by atoms with Crippen molar-refractivity contribution in [2.75, 3.05) is 7.11 Å². The van der Waals surface area contributed by atoms with Gasteiger partial charge in [-0.3, -0.25) is 15.5 Å². The minimum atomic E-state index is -0.463. The molecule has 0 radical (unpaired) electrons. The van der Waals surface area contributed by atoms with Crippen LogP contribution < -0.4 is 25.5 Å². The highest BCUT2D eigenvalue weighted by Gasteiger charge is 2.21. The lowest BCUT2D eigenvalue weighted by Gasteiger charge is -2.28. The molecule has 146 valence electrons. The molecule has 8 nitrogen and oxygen atoms in total. The molecule has 2 atom stereocenters. The summed E-state index contributed by atoms with van der Waals surface area (Å²) in [4.78, 5) is 23.7. The predicted molar refractivity (Wildman–Crippen MR) is 104 cm³/mol. The molecular formula is C20H22N4O4. The van der Waals surface area contributed by atoms with Crippen LogP contribution in [-0.4, -0.2) is 37.5 Å². The van der Waals surface area contributed by atoms with E-state index < -0.39 is 12.3 Å². The Hall–Kier alpha value is -3.39. The highest BCUT2D eigenvalue weighted by atomic mass is 16.6. The summed E-state index contributed by atoms with van der Waals surface area (Å²) in [6, 6.07) is 13.9. The van der Waals surface area contributed by atoms with Crippen molar-refractivity contribution in [1.82, 2.24) is 16.1 Å². The maximum absolute atomic E-state index is 12.2. The average molecular weight is 382 g/mol. The van der Waals surface area contributed by atoms with Gasteiger partial charge in [0.1, 0.15) is 0 Å². The molecule has 2 aromatic rings. The molecule has 0 aromatic heterocycles. The van der Waals surface area contributed by atoms with Gasteiger partial charge in [-0.2, -0.15) is 5.10 Å². The molecule has 3 rings (SSSR count). The van der Waals surface area contributed by atoms with Crippen molar-refractivity contribution >= 4 is 18.1 Å². The summed E-state index contributed by atoms with van der Waals surface area (Å²) in [5, 5.41) is 10.0. The fourth-order valence-corrected chi connectivity index (χ4v) is 2.72. The topological polar surface area (TPSA) is 101 Å². The second-order valence-corrected chi connectivity index (χ2v) is 6.33. The quantitative estimate of drug-likeness (QED) is 0.304. The summed E-state index contributed by atoms with van der Waals surface area (Å²) in [5.41, 5.74) is 4.03. The van der Waals surface area contributed by atoms with Crippen LogP contribution in [0.15, 0.2) is 53.6 Å². The minimum absolute atomic E-state index is 0.0368. The molecule has 3 N–H and O–H groups in total. The number of amides is 1. The standard InChI is InChI=1S/C20H22N4O4/c1-13-10-18(25)23-20(22-13)24-21-12-14-8-9-16(17(11-14)27-2)28-19(26)15-6-4-3-5-7-15/h3-9,11-13,20,22,24H,10H2,1-2H3,(H,23,25)/b21-12+. The van der Waals surface area contributed by atoms with E-state index in [0.717, 1.165) is 5.56 Å². The van der Waals surface area contributed by atoms with Crippen molar-refractivity contribution in [3.8, 4) is 11.5 Å². The van der Waals surface area contributed by atoms with E-state index >= 15 is 0 Å². The van der Waals surface area contributed by atoms with E-state index in [1.54, 1.807) is 48.7 Å². The third-order valence-corrected chi connectivity index (χ3v) is 4.07. The van der Waals surface area contributed by atoms with E-state index in [1.807, 2.05) is 13.0 Å². The lowest BCUT2D eigenvalue weighted by atomic mass is 10.2. The van der Waals surface area contributed by atoms with Crippen LogP contribution in [0.3, 0.4) is 0 Å². The van der Waals surface area contributed by atoms with Crippen LogP contribution >= 0.6 is 0 Å². The number of nitrogens with one attached hydrogen (secondary N) is 3. The molecule has 8 heteroatoms. The highest BCUT2D eigenvalue weighted by Crippen LogP contribution is 2.28. The lowest BCUT2D eigenvalue weighted by Crippen LogP contribution is -2.60. The molecule has 2 unspecified atom stereocenters. The summed E-state index contributed by atoms with van der Waals surface area (Å²) in [6.07, 6.45) is 1.58. The molecule has 2 aromatic carbocycles. The van der Waals surface area contributed by atoms with Crippen LogP contribution in [0.2, 0.25) is 0 Å². The Morgan fingerprint density at radius 1 is 1.21 bits per heavy atom. The van der Waals surface area contributed by atoms with Crippen molar-refractivity contribution < 1.29 is 19.1 Å². The van der Waals surface area contributed by atoms with Crippen LogP contribution in [0, 0.1) is 0 Å². The summed E-state index contributed by atoms with van der Waals surface area (Å²) < 4.78 is 10.7. The van der Waals surface area contributed by atoms with Gasteiger partial charge in [0.15, 0.2) is 17.8 Å². The van der Waals surface area contributed by atoms with Crippen LogP contribution in [0.25, 0.3) is 0 Å². The third kappa shape index (κ3) is 5.08. The smallest absolute Gasteiger partial charge is 0.343 e. The Morgan fingerprint density at radius 3 is 2.71 bits per heavy atom. The number of ether oxygens (including phenoxy) is 2. The molecule has 1 saturated heterocycles. The number of hydrazone groups is 1. The maximum atomic E-state index is 12.2. The molecule has 28 heavy (non-hydrogen) atoms. The van der Waals surface area contributed by atoms with Gasteiger partial charge in [0.05, 0.1) is 18.9 Å². The van der Waals surface area contributed by atoms with E-state index in [-0.39, 0.29) is 11.9 Å². The number of hydrogen-bond donors (Lipinski definition) is 3. The van der Waals surface area contributed by atoms with E-state index in [1.165, 1.54) is 7.11 Å². The van der Waals surface area contributed by atoms with E-state index in [2.05, 4.69) is 21.2 Å². The molecule has 1 fully saturated rings. The number of carbonyl (C=O) groups is 2. The highest BCUT2D eigenvalue weighted by molar-refractivity contribution is 5.91. The first kappa shape index (κ1) is 19.4. The molecule has 0 saturated carbocycles. The summed E-state index contributed by atoms with van der Waals surface area (Å²) in [7, 11) is 1.50. The van der Waals surface area contributed by atoms with Gasteiger partial charge in [0, 0.05) is 12.5 Å². The maximum Gasteiger partial charge on any atom is 0.343 e. The number of rotatable bonds is 6. The van der Waals surface area contributed by atoms with Crippen molar-refractivity contribution in [2.24, 2.45) is 5.10 Å². The van der Waals surface area contributed by atoms with Gasteiger partial charge in [-0.1, -0.05) is 18.2 Å². The second kappa shape index (κ2) is 9.01. The monoisotopic (exact) mass is 382 g/mol. The molecule has 1 amide bonds. The largest absolute Gasteiger partial charge is 0.493 e. The third-order valence-electron chi connectivity index (χ3n) is 4.07. The summed E-state index contributed by atoms with van der Waals surface area (Å²) in [6.45, 7) is 1.93. The van der Waals surface area contributed by atoms with Gasteiger partial charge in [0.2, 0.25) is 5.91 Å². The molecule has 0 bridgehead atoms. The Labute approximate surface area is 162 Å². The minimum Gasteiger partial charge on any atom is -0.493 e. The normalized spacial score (nSPS) is 19.1. The zero-order chi connectivity index (χ0) is 19.9. The van der Waals surface area contributed by atoms with Gasteiger partial charge in [-0.25, -0.2) is 4.79 Å². The molecular weight excluding hydrogens is 360 g/mol. The summed E-state index contributed by atoms with van der Waals surface area (Å²) >= 11 is 0. The lowest BCUT2D eigenvalue weighted by molar-refractivity contribution is -0.124. The zero-order valence-corrected chi connectivity index (χ0v) is 15.6. The average Bonchev–Trinajstić information content (AvgIpc) is 2.69. The molecule has 1 aliphatic rings. The number of carbonyl (C=O) groups excluding carboxylic acids is 2. The van der Waals surface area contributed by atoms with Crippen molar-refractivity contribution in [3.05, 3.63) is 59.7 Å². The van der Waals surface area contributed by atoms with Crippen LogP contribution in [0.4, 0.5) is 0 Å². The second-order valence-electron chi connectivity index (χ2n) is 6.33. The van der Waals surface area contributed by atoms with Gasteiger partial charge < -0.3 is 14.8 Å². The van der Waals surface area contributed by atoms with Crippen LogP contribution in [0.5, 0.6) is 11.5 Å². The van der Waals surface area contributed by atoms with Crippen molar-refractivity contribution in [2.45, 2.75) is 25.7 Å². The first-order valence-corrected chi connectivity index (χ1v) is 8.84. The molecule has 0 spiro atoms. The Bertz CT molecular complexity index is 870. The fraction of sp³-hybridized carbons (Fsp3) is 0.250. The van der Waals surface area contributed by atoms with E-state index in [0.29, 0.717) is 23.5 Å². The number of nitrogens with zero attached hydrogens (tertiary/aromatic N) is 1. The first-order chi connectivity index (χ1) is 13.5. The van der Waals surface area contributed by atoms with Crippen LogP contribution in [-0.2, 0) is 4.79 Å². The number of benzene rings is 2. The SMILES string of the molecule is COc1cc(/C=N/NC2NC(=O)CC(C)N2)ccc1OC(=O)c1ccccc1. The van der Waals surface area contributed by atoms with Gasteiger partial charge in [-0.05, 0) is 42.8 Å². The molecule has 1 heterocycles. The number of hydrogen-bond acceptors (Lipinski definition) is 7. The van der Waals surface area contributed by atoms with E-state index in [4.69, 9.17) is 9.47 Å². The Morgan fingerprint density at radius 2 is 2.00 bits per heavy atom. The van der Waals surface area contributed by atoms with Gasteiger partial charge in [-0.15, -0.1) is 0 Å². The predicted octanol–water partition coefficient (Wildman–Crippen LogP) is 1.62. The van der Waals surface area contributed by atoms with Gasteiger partial charge in [0.25, 0.3) is 0 Å². The zero-order valence-electron chi connectivity index (χ0n) is 15.6. The molecule has 1 aliphatic heterocycles. The molecule has 0 aliphatic carbocycles. The first-order valence-electron chi connectivity index (χ1n) is 8.84. The van der Waals surface area contributed by atoms with Crippen LogP contribution in [0.1, 0.15) is 29.3 Å². The van der Waals surface area contributed by atoms with E-state index in [9.17, 15) is 9.59 Å². The van der Waals surface area contributed by atoms with Crippen molar-refractivity contribution in [3.63, 3.8) is 0 Å². The van der Waals surface area contributed by atoms with Crippen molar-refractivity contribution in [1.29, 1.82) is 0 Å². The number of methoxy groups -OCH3 is 1. The summed E-state index contributed by atoms with van der Waals surface area (Å²) in [5.74, 6) is 0.225.